The molecule has 0 amide bonds. The Hall–Kier alpha value is -1.67. The fourth-order valence-corrected chi connectivity index (χ4v) is 3.76. The van der Waals surface area contributed by atoms with E-state index in [9.17, 15) is 4.79 Å². The first-order valence-corrected chi connectivity index (χ1v) is 8.60. The van der Waals surface area contributed by atoms with E-state index in [2.05, 4.69) is 33.6 Å². The maximum absolute atomic E-state index is 11.9. The number of aromatic nitrogens is 5. The van der Waals surface area contributed by atoms with Crippen molar-refractivity contribution in [2.24, 2.45) is 0 Å². The average molecular weight is 321 g/mol. The van der Waals surface area contributed by atoms with Gasteiger partial charge in [-0.3, -0.25) is 9.20 Å². The Bertz CT molecular complexity index is 819. The quantitative estimate of drug-likeness (QED) is 0.674. The van der Waals surface area contributed by atoms with Crippen molar-refractivity contribution in [2.75, 3.05) is 0 Å². The summed E-state index contributed by atoms with van der Waals surface area (Å²) >= 11 is 3.03. The van der Waals surface area contributed by atoms with Crippen LogP contribution in [-0.4, -0.2) is 24.1 Å². The lowest BCUT2D eigenvalue weighted by Gasteiger charge is -2.05. The zero-order chi connectivity index (χ0) is 14.8. The van der Waals surface area contributed by atoms with Crippen LogP contribution in [0.15, 0.2) is 27.6 Å². The van der Waals surface area contributed by atoms with E-state index in [-0.39, 0.29) is 5.56 Å². The van der Waals surface area contributed by atoms with E-state index >= 15 is 0 Å². The molecular weight excluding hydrogens is 306 g/mol. The van der Waals surface area contributed by atoms with Crippen molar-refractivity contribution in [1.82, 2.24) is 24.1 Å². The first-order chi connectivity index (χ1) is 10.2. The Kier molecular flexibility index (Phi) is 4.07. The van der Waals surface area contributed by atoms with Crippen molar-refractivity contribution in [1.29, 1.82) is 0 Å². The normalized spacial score (nSPS) is 11.3. The molecule has 0 aliphatic carbocycles. The molecule has 8 heteroatoms. The summed E-state index contributed by atoms with van der Waals surface area (Å²) in [4.78, 5) is 17.2. The highest BCUT2D eigenvalue weighted by atomic mass is 32.2. The topological polar surface area (TPSA) is 65.1 Å². The second kappa shape index (κ2) is 5.98. The number of thioether (sulfide) groups is 1. The van der Waals surface area contributed by atoms with E-state index < -0.39 is 0 Å². The smallest absolute Gasteiger partial charge is 0.258 e. The van der Waals surface area contributed by atoms with Gasteiger partial charge in [0.25, 0.3) is 5.56 Å². The second-order valence-electron chi connectivity index (χ2n) is 4.43. The first-order valence-electron chi connectivity index (χ1n) is 6.73. The molecule has 0 bridgehead atoms. The highest BCUT2D eigenvalue weighted by Crippen LogP contribution is 2.21. The molecule has 0 spiro atoms. The molecule has 3 heterocycles. The summed E-state index contributed by atoms with van der Waals surface area (Å²) in [5, 5.41) is 11.1. The molecule has 3 aromatic rings. The lowest BCUT2D eigenvalue weighted by molar-refractivity contribution is 0.647. The molecule has 3 aromatic heterocycles. The number of fused-ring (bicyclic) bond motifs is 1. The monoisotopic (exact) mass is 321 g/mol. The fourth-order valence-electron chi connectivity index (χ4n) is 2.11. The van der Waals surface area contributed by atoms with Crippen LogP contribution < -0.4 is 5.56 Å². The maximum atomic E-state index is 11.9. The van der Waals surface area contributed by atoms with Crippen LogP contribution in [0.1, 0.15) is 25.4 Å². The van der Waals surface area contributed by atoms with Gasteiger partial charge in [-0.15, -0.1) is 21.5 Å². The molecule has 0 unspecified atom stereocenters. The van der Waals surface area contributed by atoms with E-state index in [1.165, 1.54) is 11.3 Å². The van der Waals surface area contributed by atoms with Crippen molar-refractivity contribution in [2.45, 2.75) is 37.7 Å². The number of hydrogen-bond acceptors (Lipinski definition) is 6. The van der Waals surface area contributed by atoms with Gasteiger partial charge < -0.3 is 4.57 Å². The summed E-state index contributed by atoms with van der Waals surface area (Å²) in [6.07, 6.45) is 2.61. The van der Waals surface area contributed by atoms with Gasteiger partial charge in [-0.25, -0.2) is 4.98 Å². The maximum Gasteiger partial charge on any atom is 0.258 e. The van der Waals surface area contributed by atoms with Gasteiger partial charge >= 0.3 is 0 Å². The molecule has 0 radical (unpaired) electrons. The molecule has 0 saturated heterocycles. The van der Waals surface area contributed by atoms with Crippen LogP contribution in [0.25, 0.3) is 4.96 Å². The Balaban J connectivity index is 1.83. The van der Waals surface area contributed by atoms with Crippen LogP contribution in [0.4, 0.5) is 0 Å². The van der Waals surface area contributed by atoms with Gasteiger partial charge in [0.2, 0.25) is 0 Å². The molecule has 110 valence electrons. The van der Waals surface area contributed by atoms with Gasteiger partial charge in [0.05, 0.1) is 5.69 Å². The molecule has 3 rings (SSSR count). The van der Waals surface area contributed by atoms with E-state index in [0.717, 1.165) is 34.6 Å². The van der Waals surface area contributed by atoms with Crippen LogP contribution >= 0.6 is 23.1 Å². The van der Waals surface area contributed by atoms with Crippen molar-refractivity contribution in [3.63, 3.8) is 0 Å². The molecule has 0 atom stereocenters. The third-order valence-electron chi connectivity index (χ3n) is 3.13. The SMILES string of the molecule is CCc1nnc(SCc2cc(=O)n3ccsc3n2)n1CC. The minimum Gasteiger partial charge on any atom is -0.306 e. The summed E-state index contributed by atoms with van der Waals surface area (Å²) in [6.45, 7) is 4.99. The number of rotatable bonds is 5. The predicted molar refractivity (Wildman–Crippen MR) is 84.0 cm³/mol. The largest absolute Gasteiger partial charge is 0.306 e. The van der Waals surface area contributed by atoms with Crippen LogP contribution in [0.3, 0.4) is 0 Å². The molecule has 0 aliphatic rings. The predicted octanol–water partition coefficient (Wildman–Crippen LogP) is 2.22. The van der Waals surface area contributed by atoms with Crippen LogP contribution in [0.2, 0.25) is 0 Å². The van der Waals surface area contributed by atoms with Gasteiger partial charge in [-0.05, 0) is 6.92 Å². The first kappa shape index (κ1) is 14.3. The molecule has 0 saturated carbocycles. The minimum atomic E-state index is -0.0388. The number of nitrogens with zero attached hydrogens (tertiary/aromatic N) is 5. The highest BCUT2D eigenvalue weighted by molar-refractivity contribution is 7.98. The fraction of sp³-hybridized carbons (Fsp3) is 0.385. The Morgan fingerprint density at radius 3 is 2.95 bits per heavy atom. The number of aryl methyl sites for hydroxylation is 1. The third-order valence-corrected chi connectivity index (χ3v) is 4.89. The number of thiazole rings is 1. The summed E-state index contributed by atoms with van der Waals surface area (Å²) in [7, 11) is 0. The van der Waals surface area contributed by atoms with Gasteiger partial charge in [0.15, 0.2) is 10.1 Å². The summed E-state index contributed by atoms with van der Waals surface area (Å²) in [5.41, 5.74) is 0.735. The number of hydrogen-bond donors (Lipinski definition) is 0. The van der Waals surface area contributed by atoms with Crippen LogP contribution in [-0.2, 0) is 18.7 Å². The highest BCUT2D eigenvalue weighted by Gasteiger charge is 2.11. The molecule has 0 N–H and O–H groups in total. The summed E-state index contributed by atoms with van der Waals surface area (Å²) in [6, 6.07) is 1.58. The average Bonchev–Trinajstić information content (AvgIpc) is 3.10. The lowest BCUT2D eigenvalue weighted by Crippen LogP contribution is -2.12. The van der Waals surface area contributed by atoms with Gasteiger partial charge in [0.1, 0.15) is 5.82 Å². The zero-order valence-electron chi connectivity index (χ0n) is 11.8. The lowest BCUT2D eigenvalue weighted by atomic mass is 10.4. The molecular formula is C13H15N5OS2. The van der Waals surface area contributed by atoms with Gasteiger partial charge in [-0.1, -0.05) is 18.7 Å². The van der Waals surface area contributed by atoms with Gasteiger partial charge in [0, 0.05) is 36.4 Å². The molecule has 6 nitrogen and oxygen atoms in total. The summed E-state index contributed by atoms with van der Waals surface area (Å²) in [5.74, 6) is 1.60. The molecule has 0 fully saturated rings. The second-order valence-corrected chi connectivity index (χ2v) is 6.24. The molecule has 21 heavy (non-hydrogen) atoms. The van der Waals surface area contributed by atoms with Crippen LogP contribution in [0.5, 0.6) is 0 Å². The minimum absolute atomic E-state index is 0.0388. The van der Waals surface area contributed by atoms with Crippen LogP contribution in [0, 0.1) is 0 Å². The Morgan fingerprint density at radius 1 is 1.33 bits per heavy atom. The van der Waals surface area contributed by atoms with Gasteiger partial charge in [-0.2, -0.15) is 0 Å². The zero-order valence-corrected chi connectivity index (χ0v) is 13.4. The van der Waals surface area contributed by atoms with E-state index in [1.54, 1.807) is 28.4 Å². The van der Waals surface area contributed by atoms with E-state index in [0.29, 0.717) is 5.75 Å². The van der Waals surface area contributed by atoms with Crippen molar-refractivity contribution in [3.05, 3.63) is 39.5 Å². The standard InChI is InChI=1S/C13H15N5OS2/c1-3-10-15-16-13(17(10)4-2)21-8-9-7-11(19)18-5-6-20-12(18)14-9/h5-7H,3-4,8H2,1-2H3. The van der Waals surface area contributed by atoms with Crippen molar-refractivity contribution < 1.29 is 0 Å². The van der Waals surface area contributed by atoms with Crippen molar-refractivity contribution >= 4 is 28.1 Å². The Labute approximate surface area is 129 Å². The van der Waals surface area contributed by atoms with E-state index in [4.69, 9.17) is 0 Å². The molecule has 0 aromatic carbocycles. The summed E-state index contributed by atoms with van der Waals surface area (Å²) < 4.78 is 3.66. The van der Waals surface area contributed by atoms with E-state index in [1.807, 2.05) is 5.38 Å². The Morgan fingerprint density at radius 2 is 2.19 bits per heavy atom. The third kappa shape index (κ3) is 2.73. The van der Waals surface area contributed by atoms with Crippen molar-refractivity contribution in [3.8, 4) is 0 Å². The molecule has 0 aliphatic heterocycles.